The summed E-state index contributed by atoms with van der Waals surface area (Å²) in [7, 11) is -4.84. The fraction of sp³-hybridized carbons (Fsp3) is 0.273. The van der Waals surface area contributed by atoms with Gasteiger partial charge in [0.1, 0.15) is 27.9 Å². The van der Waals surface area contributed by atoms with Crippen LogP contribution in [0, 0.1) is 11.6 Å². The first-order chi connectivity index (χ1) is 16.2. The minimum absolute atomic E-state index is 0.0316. The van der Waals surface area contributed by atoms with Gasteiger partial charge in [0.2, 0.25) is 0 Å². The molecule has 0 saturated heterocycles. The van der Waals surface area contributed by atoms with E-state index in [1.165, 1.54) is 23.0 Å². The zero-order chi connectivity index (χ0) is 26.1. The Labute approximate surface area is 210 Å². The number of ether oxygens (including phenoxy) is 1. The maximum atomic E-state index is 15.1. The van der Waals surface area contributed by atoms with Gasteiger partial charge >= 0.3 is 6.09 Å². The molecule has 0 fully saturated rings. The first-order valence-corrected chi connectivity index (χ1v) is 12.9. The second kappa shape index (κ2) is 9.96. The summed E-state index contributed by atoms with van der Waals surface area (Å²) in [5.41, 5.74) is 0.316. The molecular formula is C22H22ClF2N3O5S2. The number of carbonyl (C=O) groups excluding carboxylic acids is 1. The number of aromatic nitrogens is 1. The van der Waals surface area contributed by atoms with Gasteiger partial charge < -0.3 is 15.2 Å². The number of aromatic hydroxyl groups is 1. The van der Waals surface area contributed by atoms with E-state index in [4.69, 9.17) is 16.3 Å². The Balaban J connectivity index is 2.00. The van der Waals surface area contributed by atoms with Crippen LogP contribution in [0.4, 0.5) is 25.1 Å². The smallest absolute Gasteiger partial charge is 0.430 e. The van der Waals surface area contributed by atoms with Crippen molar-refractivity contribution in [2.24, 2.45) is 0 Å². The molecule has 3 rings (SSSR count). The van der Waals surface area contributed by atoms with Crippen LogP contribution in [0.25, 0.3) is 0 Å². The van der Waals surface area contributed by atoms with Crippen molar-refractivity contribution < 1.29 is 31.8 Å². The molecule has 0 bridgehead atoms. The van der Waals surface area contributed by atoms with Gasteiger partial charge in [-0.25, -0.2) is 27.0 Å². The monoisotopic (exact) mass is 545 g/mol. The second-order valence-electron chi connectivity index (χ2n) is 8.43. The fourth-order valence-electron chi connectivity index (χ4n) is 3.03. The lowest BCUT2D eigenvalue weighted by Gasteiger charge is -2.26. The Morgan fingerprint density at radius 3 is 2.51 bits per heavy atom. The van der Waals surface area contributed by atoms with E-state index in [1.54, 1.807) is 27.7 Å². The van der Waals surface area contributed by atoms with Gasteiger partial charge in [0.15, 0.2) is 5.82 Å². The number of rotatable bonds is 6. The van der Waals surface area contributed by atoms with Gasteiger partial charge in [-0.3, -0.25) is 0 Å². The second-order valence-corrected chi connectivity index (χ2v) is 11.3. The van der Waals surface area contributed by atoms with Gasteiger partial charge in [-0.2, -0.15) is 0 Å². The number of benzene rings is 2. The molecule has 188 valence electrons. The van der Waals surface area contributed by atoms with E-state index in [2.05, 4.69) is 10.3 Å². The standard InChI is InChI=1S/C22H22ClF2N3O5S2/c1-12(14-7-13(29)5-6-16(14)24)27-18-9-17(25)19(8-15(18)23)35(31,32)28(20-10-34-11-26-20)21(30)33-22(2,3)4/h5-12,27,29H,1-4H3/t12-/m0/s1. The molecule has 1 aromatic heterocycles. The molecule has 1 amide bonds. The maximum Gasteiger partial charge on any atom is 0.430 e. The SMILES string of the molecule is C[C@H](Nc1cc(F)c(S(=O)(=O)N(C(=O)OC(C)(C)C)c2cscn2)cc1Cl)c1cc(O)ccc1F. The highest BCUT2D eigenvalue weighted by molar-refractivity contribution is 7.93. The van der Waals surface area contributed by atoms with Gasteiger partial charge in [-0.05, 0) is 58.0 Å². The molecule has 2 aromatic carbocycles. The van der Waals surface area contributed by atoms with Crippen molar-refractivity contribution in [2.45, 2.75) is 44.2 Å². The number of sulfonamides is 1. The molecule has 3 aromatic rings. The third-order valence-corrected chi connectivity index (χ3v) is 7.12. The van der Waals surface area contributed by atoms with E-state index in [0.717, 1.165) is 29.5 Å². The van der Waals surface area contributed by atoms with Crippen LogP contribution in [-0.4, -0.2) is 30.2 Å². The molecule has 1 heterocycles. The predicted octanol–water partition coefficient (Wildman–Crippen LogP) is 6.08. The van der Waals surface area contributed by atoms with Crippen molar-refractivity contribution >= 4 is 50.6 Å². The number of thiazole rings is 1. The summed E-state index contributed by atoms with van der Waals surface area (Å²) in [6.07, 6.45) is -1.27. The quantitative estimate of drug-likeness (QED) is 0.386. The molecular weight excluding hydrogens is 524 g/mol. The van der Waals surface area contributed by atoms with Gasteiger partial charge in [-0.15, -0.1) is 15.6 Å². The van der Waals surface area contributed by atoms with Crippen molar-refractivity contribution in [1.82, 2.24) is 4.98 Å². The average Bonchev–Trinajstić information content (AvgIpc) is 3.24. The zero-order valence-electron chi connectivity index (χ0n) is 19.0. The lowest BCUT2D eigenvalue weighted by atomic mass is 10.1. The van der Waals surface area contributed by atoms with Crippen molar-refractivity contribution in [2.75, 3.05) is 9.62 Å². The van der Waals surface area contributed by atoms with E-state index in [-0.39, 0.29) is 32.1 Å². The van der Waals surface area contributed by atoms with Crippen molar-refractivity contribution in [3.8, 4) is 5.75 Å². The van der Waals surface area contributed by atoms with E-state index in [0.29, 0.717) is 0 Å². The highest BCUT2D eigenvalue weighted by Crippen LogP contribution is 2.34. The van der Waals surface area contributed by atoms with Crippen LogP contribution in [0.2, 0.25) is 5.02 Å². The number of anilines is 2. The third kappa shape index (κ3) is 6.00. The molecule has 0 saturated carbocycles. The molecule has 0 aliphatic carbocycles. The van der Waals surface area contributed by atoms with Crippen molar-refractivity contribution in [3.63, 3.8) is 0 Å². The fourth-order valence-corrected chi connectivity index (χ4v) is 5.25. The topological polar surface area (TPSA) is 109 Å². The molecule has 35 heavy (non-hydrogen) atoms. The molecule has 0 aliphatic heterocycles. The van der Waals surface area contributed by atoms with Crippen molar-refractivity contribution in [1.29, 1.82) is 0 Å². The molecule has 0 spiro atoms. The van der Waals surface area contributed by atoms with E-state index in [9.17, 15) is 22.7 Å². The Bertz CT molecular complexity index is 1350. The molecule has 1 atom stereocenters. The lowest BCUT2D eigenvalue weighted by Crippen LogP contribution is -2.41. The highest BCUT2D eigenvalue weighted by atomic mass is 35.5. The summed E-state index contributed by atoms with van der Waals surface area (Å²) in [5, 5.41) is 13.5. The van der Waals surface area contributed by atoms with E-state index < -0.39 is 44.3 Å². The summed E-state index contributed by atoms with van der Waals surface area (Å²) in [5.74, 6) is -2.27. The van der Waals surface area contributed by atoms with Crippen LogP contribution >= 0.6 is 22.9 Å². The first kappa shape index (κ1) is 26.6. The van der Waals surface area contributed by atoms with E-state index in [1.807, 2.05) is 0 Å². The van der Waals surface area contributed by atoms with Crippen molar-refractivity contribution in [3.05, 3.63) is 63.4 Å². The molecule has 0 aliphatic rings. The normalized spacial score (nSPS) is 12.8. The van der Waals surface area contributed by atoms with Crippen LogP contribution in [0.1, 0.15) is 39.3 Å². The molecule has 0 radical (unpaired) electrons. The van der Waals surface area contributed by atoms with Crippen LogP contribution < -0.4 is 9.62 Å². The Hall–Kier alpha value is -2.96. The first-order valence-electron chi connectivity index (χ1n) is 10.1. The number of carbonyl (C=O) groups is 1. The summed E-state index contributed by atoms with van der Waals surface area (Å²) in [4.78, 5) is 15.7. The summed E-state index contributed by atoms with van der Waals surface area (Å²) < 4.78 is 61.5. The highest BCUT2D eigenvalue weighted by Gasteiger charge is 2.38. The van der Waals surface area contributed by atoms with Gasteiger partial charge in [0.05, 0.1) is 22.3 Å². The number of nitrogens with one attached hydrogen (secondary N) is 1. The summed E-state index contributed by atoms with van der Waals surface area (Å²) in [6, 6.07) is 4.34. The number of amides is 1. The van der Waals surface area contributed by atoms with Crippen LogP contribution in [0.15, 0.2) is 46.1 Å². The van der Waals surface area contributed by atoms with Crippen LogP contribution in [0.5, 0.6) is 5.75 Å². The Morgan fingerprint density at radius 2 is 1.91 bits per heavy atom. The molecule has 8 nitrogen and oxygen atoms in total. The van der Waals surface area contributed by atoms with Crippen LogP contribution in [0.3, 0.4) is 0 Å². The van der Waals surface area contributed by atoms with Crippen LogP contribution in [-0.2, 0) is 14.8 Å². The lowest BCUT2D eigenvalue weighted by molar-refractivity contribution is 0.0608. The van der Waals surface area contributed by atoms with Gasteiger partial charge in [0.25, 0.3) is 10.0 Å². The number of phenols is 1. The number of hydrogen-bond acceptors (Lipinski definition) is 8. The number of halogens is 3. The average molecular weight is 546 g/mol. The number of nitrogens with zero attached hydrogens (tertiary/aromatic N) is 2. The molecule has 2 N–H and O–H groups in total. The Kier molecular flexibility index (Phi) is 7.58. The summed E-state index contributed by atoms with van der Waals surface area (Å²) in [6.45, 7) is 6.19. The minimum Gasteiger partial charge on any atom is -0.508 e. The van der Waals surface area contributed by atoms with Gasteiger partial charge in [0, 0.05) is 10.9 Å². The Morgan fingerprint density at radius 1 is 1.23 bits per heavy atom. The minimum atomic E-state index is -4.84. The molecule has 0 unspecified atom stereocenters. The third-order valence-electron chi connectivity index (χ3n) is 4.54. The van der Waals surface area contributed by atoms with E-state index >= 15 is 4.39 Å². The predicted molar refractivity (Wildman–Crippen MR) is 130 cm³/mol. The maximum absolute atomic E-state index is 15.1. The van der Waals surface area contributed by atoms with Gasteiger partial charge in [-0.1, -0.05) is 11.6 Å². The summed E-state index contributed by atoms with van der Waals surface area (Å²) >= 11 is 7.27. The number of hydrogen-bond donors (Lipinski definition) is 2. The molecule has 13 heteroatoms. The number of phenolic OH excluding ortho intramolecular Hbond substituents is 1. The zero-order valence-corrected chi connectivity index (χ0v) is 21.4. The largest absolute Gasteiger partial charge is 0.508 e.